The molecule has 1 aromatic rings. The van der Waals surface area contributed by atoms with Crippen molar-refractivity contribution >= 4 is 0 Å². The molecule has 3 heteroatoms. The van der Waals surface area contributed by atoms with Crippen molar-refractivity contribution in [1.82, 2.24) is 5.43 Å². The van der Waals surface area contributed by atoms with Crippen LogP contribution in [0.1, 0.15) is 23.1 Å². The van der Waals surface area contributed by atoms with Crippen molar-refractivity contribution in [2.45, 2.75) is 19.9 Å². The molecule has 0 aliphatic rings. The van der Waals surface area contributed by atoms with E-state index in [9.17, 15) is 0 Å². The number of aryl methyl sites for hydroxylation is 2. The van der Waals surface area contributed by atoms with E-state index in [1.165, 1.54) is 0 Å². The molecule has 1 atom stereocenters. The molecule has 3 nitrogen and oxygen atoms in total. The standard InChI is InChI=1S/C9H14N2O/c1-4-9(11-10)8-5-6(2)12-7(8)3/h4-5,9,11H,1,10H2,2-3H3. The normalized spacial score (nSPS) is 12.9. The summed E-state index contributed by atoms with van der Waals surface area (Å²) in [5.41, 5.74) is 3.69. The molecular formula is C9H14N2O. The van der Waals surface area contributed by atoms with Crippen molar-refractivity contribution in [3.05, 3.63) is 35.8 Å². The maximum absolute atomic E-state index is 5.36. The molecule has 0 spiro atoms. The molecule has 3 N–H and O–H groups in total. The first-order chi connectivity index (χ1) is 5.69. The Hall–Kier alpha value is -1.06. The highest BCUT2D eigenvalue weighted by Crippen LogP contribution is 2.21. The van der Waals surface area contributed by atoms with Crippen molar-refractivity contribution in [1.29, 1.82) is 0 Å². The number of furan rings is 1. The Morgan fingerprint density at radius 2 is 2.33 bits per heavy atom. The Labute approximate surface area is 72.2 Å². The van der Waals surface area contributed by atoms with E-state index < -0.39 is 0 Å². The van der Waals surface area contributed by atoms with Crippen molar-refractivity contribution in [2.24, 2.45) is 5.84 Å². The smallest absolute Gasteiger partial charge is 0.106 e. The number of rotatable bonds is 3. The van der Waals surface area contributed by atoms with Gasteiger partial charge in [0.15, 0.2) is 0 Å². The van der Waals surface area contributed by atoms with Gasteiger partial charge in [-0.1, -0.05) is 6.08 Å². The molecule has 0 saturated heterocycles. The fourth-order valence-electron chi connectivity index (χ4n) is 1.24. The van der Waals surface area contributed by atoms with Crippen LogP contribution in [0.4, 0.5) is 0 Å². The van der Waals surface area contributed by atoms with Gasteiger partial charge >= 0.3 is 0 Å². The molecule has 0 aliphatic heterocycles. The second-order valence-electron chi connectivity index (χ2n) is 2.75. The van der Waals surface area contributed by atoms with E-state index >= 15 is 0 Å². The van der Waals surface area contributed by atoms with Gasteiger partial charge in [-0.2, -0.15) is 0 Å². The number of hydrogen-bond acceptors (Lipinski definition) is 3. The average molecular weight is 166 g/mol. The van der Waals surface area contributed by atoms with E-state index in [2.05, 4.69) is 12.0 Å². The summed E-state index contributed by atoms with van der Waals surface area (Å²) in [5, 5.41) is 0. The SMILES string of the molecule is C=CC(NN)c1cc(C)oc1C. The Balaban J connectivity index is 2.99. The summed E-state index contributed by atoms with van der Waals surface area (Å²) < 4.78 is 5.36. The largest absolute Gasteiger partial charge is 0.466 e. The lowest BCUT2D eigenvalue weighted by Crippen LogP contribution is -2.26. The first-order valence-corrected chi connectivity index (χ1v) is 3.84. The van der Waals surface area contributed by atoms with Crippen molar-refractivity contribution in [3.63, 3.8) is 0 Å². The maximum atomic E-state index is 5.36. The van der Waals surface area contributed by atoms with Crippen LogP contribution in [0, 0.1) is 13.8 Å². The van der Waals surface area contributed by atoms with E-state index in [0.717, 1.165) is 17.1 Å². The van der Waals surface area contributed by atoms with E-state index in [0.29, 0.717) is 0 Å². The zero-order valence-corrected chi connectivity index (χ0v) is 7.42. The summed E-state index contributed by atoms with van der Waals surface area (Å²) in [6.45, 7) is 7.50. The number of nitrogens with one attached hydrogen (secondary N) is 1. The molecule has 1 heterocycles. The third-order valence-corrected chi connectivity index (χ3v) is 1.83. The van der Waals surface area contributed by atoms with Gasteiger partial charge in [-0.3, -0.25) is 5.84 Å². The Kier molecular flexibility index (Phi) is 2.68. The van der Waals surface area contributed by atoms with Gasteiger partial charge < -0.3 is 4.42 Å². The second-order valence-corrected chi connectivity index (χ2v) is 2.75. The summed E-state index contributed by atoms with van der Waals surface area (Å²) in [4.78, 5) is 0. The Bertz CT molecular complexity index is 278. The molecule has 66 valence electrons. The lowest BCUT2D eigenvalue weighted by atomic mass is 10.1. The third kappa shape index (κ3) is 1.57. The highest BCUT2D eigenvalue weighted by Gasteiger charge is 2.11. The van der Waals surface area contributed by atoms with Crippen LogP contribution in [0.15, 0.2) is 23.1 Å². The molecule has 0 saturated carbocycles. The molecule has 0 aromatic carbocycles. The van der Waals surface area contributed by atoms with Gasteiger partial charge in [0.1, 0.15) is 11.5 Å². The molecule has 0 fully saturated rings. The van der Waals surface area contributed by atoms with Crippen LogP contribution >= 0.6 is 0 Å². The Morgan fingerprint density at radius 1 is 1.67 bits per heavy atom. The molecule has 1 aromatic heterocycles. The summed E-state index contributed by atoms with van der Waals surface area (Å²) in [7, 11) is 0. The van der Waals surface area contributed by atoms with Gasteiger partial charge in [0.05, 0.1) is 6.04 Å². The summed E-state index contributed by atoms with van der Waals surface area (Å²) in [6, 6.07) is 1.93. The van der Waals surface area contributed by atoms with Crippen LogP contribution in [0.5, 0.6) is 0 Å². The highest BCUT2D eigenvalue weighted by atomic mass is 16.3. The molecule has 0 bridgehead atoms. The van der Waals surface area contributed by atoms with Gasteiger partial charge in [0.25, 0.3) is 0 Å². The molecule has 1 unspecified atom stereocenters. The van der Waals surface area contributed by atoms with Crippen LogP contribution in [0.3, 0.4) is 0 Å². The zero-order valence-electron chi connectivity index (χ0n) is 7.42. The average Bonchev–Trinajstić information content (AvgIpc) is 2.34. The monoisotopic (exact) mass is 166 g/mol. The Morgan fingerprint density at radius 3 is 2.67 bits per heavy atom. The van der Waals surface area contributed by atoms with Crippen molar-refractivity contribution in [2.75, 3.05) is 0 Å². The number of hydrogen-bond donors (Lipinski definition) is 2. The fraction of sp³-hybridized carbons (Fsp3) is 0.333. The predicted octanol–water partition coefficient (Wildman–Crippen LogP) is 1.59. The molecule has 0 radical (unpaired) electrons. The lowest BCUT2D eigenvalue weighted by Gasteiger charge is -2.08. The summed E-state index contributed by atoms with van der Waals surface area (Å²) in [5.74, 6) is 7.11. The van der Waals surface area contributed by atoms with Gasteiger partial charge in [0.2, 0.25) is 0 Å². The van der Waals surface area contributed by atoms with Crippen LogP contribution in [-0.4, -0.2) is 0 Å². The van der Waals surface area contributed by atoms with Crippen LogP contribution in [-0.2, 0) is 0 Å². The van der Waals surface area contributed by atoms with Gasteiger partial charge in [-0.15, -0.1) is 6.58 Å². The minimum atomic E-state index is -0.0255. The minimum Gasteiger partial charge on any atom is -0.466 e. The molecule has 1 rings (SSSR count). The number of hydrazine groups is 1. The topological polar surface area (TPSA) is 51.2 Å². The molecule has 0 aliphatic carbocycles. The lowest BCUT2D eigenvalue weighted by molar-refractivity contribution is 0.496. The quantitative estimate of drug-likeness (QED) is 0.407. The fourth-order valence-corrected chi connectivity index (χ4v) is 1.24. The van der Waals surface area contributed by atoms with Gasteiger partial charge in [-0.25, -0.2) is 5.43 Å². The van der Waals surface area contributed by atoms with Crippen LogP contribution < -0.4 is 11.3 Å². The van der Waals surface area contributed by atoms with Crippen LogP contribution in [0.2, 0.25) is 0 Å². The number of nitrogens with two attached hydrogens (primary N) is 1. The first kappa shape index (κ1) is 9.03. The van der Waals surface area contributed by atoms with Gasteiger partial charge in [0, 0.05) is 5.56 Å². The van der Waals surface area contributed by atoms with Crippen LogP contribution in [0.25, 0.3) is 0 Å². The van der Waals surface area contributed by atoms with Crippen molar-refractivity contribution < 1.29 is 4.42 Å². The summed E-state index contributed by atoms with van der Waals surface area (Å²) in [6.07, 6.45) is 1.75. The van der Waals surface area contributed by atoms with E-state index in [4.69, 9.17) is 10.3 Å². The molecule has 0 amide bonds. The van der Waals surface area contributed by atoms with E-state index in [-0.39, 0.29) is 6.04 Å². The molecular weight excluding hydrogens is 152 g/mol. The minimum absolute atomic E-state index is 0.0255. The highest BCUT2D eigenvalue weighted by molar-refractivity contribution is 5.26. The molecule has 12 heavy (non-hydrogen) atoms. The van der Waals surface area contributed by atoms with Gasteiger partial charge in [-0.05, 0) is 19.9 Å². The van der Waals surface area contributed by atoms with E-state index in [1.54, 1.807) is 6.08 Å². The van der Waals surface area contributed by atoms with E-state index in [1.807, 2.05) is 19.9 Å². The first-order valence-electron chi connectivity index (χ1n) is 3.84. The second kappa shape index (κ2) is 3.56. The maximum Gasteiger partial charge on any atom is 0.106 e. The predicted molar refractivity (Wildman–Crippen MR) is 48.4 cm³/mol. The zero-order chi connectivity index (χ0) is 9.14. The summed E-state index contributed by atoms with van der Waals surface area (Å²) >= 11 is 0. The third-order valence-electron chi connectivity index (χ3n) is 1.83. The van der Waals surface area contributed by atoms with Crippen molar-refractivity contribution in [3.8, 4) is 0 Å².